The van der Waals surface area contributed by atoms with Gasteiger partial charge in [0.25, 0.3) is 0 Å². The summed E-state index contributed by atoms with van der Waals surface area (Å²) in [6.07, 6.45) is 8.04. The van der Waals surface area contributed by atoms with Gasteiger partial charge in [0.05, 0.1) is 0 Å². The maximum Gasteiger partial charge on any atom is 0.335 e. The van der Waals surface area contributed by atoms with E-state index < -0.39 is 8.56 Å². The lowest BCUT2D eigenvalue weighted by atomic mass is 9.97. The Balaban J connectivity index is 1.85. The van der Waals surface area contributed by atoms with Crippen molar-refractivity contribution >= 4 is 8.56 Å². The standard InChI is InChI=1S/C14H26O2Si/c1-4-15-17(3,16-5-2)9-8-14-11-12-6-7-13(14)10-12/h11-13H,4-10H2,1-3H3. The molecule has 98 valence electrons. The van der Waals surface area contributed by atoms with Gasteiger partial charge in [0.2, 0.25) is 0 Å². The molecular formula is C14H26O2Si. The molecule has 17 heavy (non-hydrogen) atoms. The Morgan fingerprint density at radius 2 is 1.94 bits per heavy atom. The third-order valence-corrected chi connectivity index (χ3v) is 7.17. The van der Waals surface area contributed by atoms with E-state index in [0.29, 0.717) is 0 Å². The molecule has 0 saturated heterocycles. The van der Waals surface area contributed by atoms with Crippen LogP contribution in [0.5, 0.6) is 0 Å². The van der Waals surface area contributed by atoms with Crippen LogP contribution in [-0.2, 0) is 8.85 Å². The minimum atomic E-state index is -1.89. The maximum absolute atomic E-state index is 5.90. The fourth-order valence-corrected chi connectivity index (χ4v) is 5.74. The van der Waals surface area contributed by atoms with Crippen molar-refractivity contribution in [2.24, 2.45) is 11.8 Å². The van der Waals surface area contributed by atoms with Crippen LogP contribution in [0.3, 0.4) is 0 Å². The van der Waals surface area contributed by atoms with E-state index in [4.69, 9.17) is 8.85 Å². The summed E-state index contributed by atoms with van der Waals surface area (Å²) in [5, 5.41) is 0. The SMILES string of the molecule is CCO[Si](C)(CCC1=CC2CCC1C2)OCC. The third-order valence-electron chi connectivity index (χ3n) is 4.21. The van der Waals surface area contributed by atoms with E-state index in [9.17, 15) is 0 Å². The second-order valence-corrected chi connectivity index (χ2v) is 8.86. The summed E-state index contributed by atoms with van der Waals surface area (Å²) in [7, 11) is -1.89. The second-order valence-electron chi connectivity index (χ2n) is 5.51. The van der Waals surface area contributed by atoms with E-state index in [-0.39, 0.29) is 0 Å². The van der Waals surface area contributed by atoms with E-state index in [1.807, 2.05) is 0 Å². The van der Waals surface area contributed by atoms with Gasteiger partial charge in [0, 0.05) is 13.2 Å². The lowest BCUT2D eigenvalue weighted by Crippen LogP contribution is -2.38. The van der Waals surface area contributed by atoms with Crippen molar-refractivity contribution in [3.8, 4) is 0 Å². The molecule has 2 rings (SSSR count). The molecule has 2 bridgehead atoms. The van der Waals surface area contributed by atoms with Crippen LogP contribution < -0.4 is 0 Å². The van der Waals surface area contributed by atoms with Gasteiger partial charge in [-0.2, -0.15) is 0 Å². The number of rotatable bonds is 7. The Labute approximate surface area is 107 Å². The summed E-state index contributed by atoms with van der Waals surface area (Å²) in [6, 6.07) is 1.13. The first-order valence-corrected chi connectivity index (χ1v) is 9.67. The van der Waals surface area contributed by atoms with Crippen LogP contribution in [0.25, 0.3) is 0 Å². The molecule has 2 atom stereocenters. The van der Waals surface area contributed by atoms with Gasteiger partial charge < -0.3 is 8.85 Å². The van der Waals surface area contributed by atoms with Gasteiger partial charge in [-0.15, -0.1) is 0 Å². The summed E-state index contributed by atoms with van der Waals surface area (Å²) in [5.74, 6) is 1.81. The van der Waals surface area contributed by atoms with Crippen molar-refractivity contribution in [3.05, 3.63) is 11.6 Å². The normalized spacial score (nSPS) is 27.6. The summed E-state index contributed by atoms with van der Waals surface area (Å²) >= 11 is 0. The Morgan fingerprint density at radius 1 is 1.24 bits per heavy atom. The Morgan fingerprint density at radius 3 is 2.41 bits per heavy atom. The molecule has 0 amide bonds. The molecule has 0 spiro atoms. The van der Waals surface area contributed by atoms with Crippen LogP contribution in [0.1, 0.15) is 39.5 Å². The van der Waals surface area contributed by atoms with Gasteiger partial charge >= 0.3 is 8.56 Å². The average Bonchev–Trinajstić information content (AvgIpc) is 2.89. The number of allylic oxidation sites excluding steroid dienone is 2. The van der Waals surface area contributed by atoms with E-state index in [1.165, 1.54) is 25.7 Å². The van der Waals surface area contributed by atoms with Crippen molar-refractivity contribution < 1.29 is 8.85 Å². The third kappa shape index (κ3) is 3.21. The highest BCUT2D eigenvalue weighted by atomic mass is 28.4. The number of hydrogen-bond acceptors (Lipinski definition) is 2. The molecule has 1 fully saturated rings. The van der Waals surface area contributed by atoms with Crippen molar-refractivity contribution in [2.75, 3.05) is 13.2 Å². The van der Waals surface area contributed by atoms with Gasteiger partial charge in [-0.25, -0.2) is 0 Å². The average molecular weight is 254 g/mol. The van der Waals surface area contributed by atoms with Crippen molar-refractivity contribution in [1.82, 2.24) is 0 Å². The fourth-order valence-electron chi connectivity index (χ4n) is 3.40. The quantitative estimate of drug-likeness (QED) is 0.507. The molecule has 0 aromatic carbocycles. The minimum Gasteiger partial charge on any atom is -0.395 e. The first-order chi connectivity index (χ1) is 8.17. The Kier molecular flexibility index (Phi) is 4.45. The van der Waals surface area contributed by atoms with Crippen molar-refractivity contribution in [3.63, 3.8) is 0 Å². The summed E-state index contributed by atoms with van der Waals surface area (Å²) in [5.41, 5.74) is 1.71. The topological polar surface area (TPSA) is 18.5 Å². The molecule has 3 heteroatoms. The molecule has 1 saturated carbocycles. The molecule has 0 aromatic rings. The molecule has 2 aliphatic rings. The van der Waals surface area contributed by atoms with Crippen LogP contribution in [0.2, 0.25) is 12.6 Å². The van der Waals surface area contributed by atoms with E-state index in [1.54, 1.807) is 5.57 Å². The molecule has 0 N–H and O–H groups in total. The minimum absolute atomic E-state index is 0.786. The molecule has 2 nitrogen and oxygen atoms in total. The molecule has 2 unspecified atom stereocenters. The lowest BCUT2D eigenvalue weighted by molar-refractivity contribution is 0.189. The van der Waals surface area contributed by atoms with Crippen LogP contribution in [0.4, 0.5) is 0 Å². The van der Waals surface area contributed by atoms with Gasteiger partial charge in [-0.3, -0.25) is 0 Å². The Hall–Kier alpha value is -0.123. The highest BCUT2D eigenvalue weighted by molar-refractivity contribution is 6.66. The lowest BCUT2D eigenvalue weighted by Gasteiger charge is -2.27. The predicted octanol–water partition coefficient (Wildman–Crippen LogP) is 3.88. The van der Waals surface area contributed by atoms with Crippen molar-refractivity contribution in [2.45, 2.75) is 52.1 Å². The van der Waals surface area contributed by atoms with Gasteiger partial charge in [0.1, 0.15) is 0 Å². The van der Waals surface area contributed by atoms with Crippen LogP contribution in [-0.4, -0.2) is 21.8 Å². The van der Waals surface area contributed by atoms with Gasteiger partial charge in [-0.05, 0) is 64.0 Å². The first-order valence-electron chi connectivity index (χ1n) is 7.15. The highest BCUT2D eigenvalue weighted by Gasteiger charge is 2.36. The molecule has 0 heterocycles. The summed E-state index contributed by atoms with van der Waals surface area (Å²) in [4.78, 5) is 0. The smallest absolute Gasteiger partial charge is 0.335 e. The molecule has 2 aliphatic carbocycles. The van der Waals surface area contributed by atoms with E-state index in [0.717, 1.165) is 31.1 Å². The van der Waals surface area contributed by atoms with E-state index >= 15 is 0 Å². The predicted molar refractivity (Wildman–Crippen MR) is 73.2 cm³/mol. The number of fused-ring (bicyclic) bond motifs is 2. The van der Waals surface area contributed by atoms with E-state index in [2.05, 4.69) is 26.5 Å². The second kappa shape index (κ2) is 5.68. The van der Waals surface area contributed by atoms with Gasteiger partial charge in [0.15, 0.2) is 0 Å². The van der Waals surface area contributed by atoms with Crippen LogP contribution in [0, 0.1) is 11.8 Å². The monoisotopic (exact) mass is 254 g/mol. The van der Waals surface area contributed by atoms with Crippen molar-refractivity contribution in [1.29, 1.82) is 0 Å². The molecule has 0 aromatic heterocycles. The Bertz CT molecular complexity index is 282. The highest BCUT2D eigenvalue weighted by Crippen LogP contribution is 2.45. The molecule has 0 aliphatic heterocycles. The fraction of sp³-hybridized carbons (Fsp3) is 0.857. The number of hydrogen-bond donors (Lipinski definition) is 0. The maximum atomic E-state index is 5.90. The largest absolute Gasteiger partial charge is 0.395 e. The summed E-state index contributed by atoms with van der Waals surface area (Å²) < 4.78 is 11.8. The summed E-state index contributed by atoms with van der Waals surface area (Å²) in [6.45, 7) is 7.93. The van der Waals surface area contributed by atoms with Gasteiger partial charge in [-0.1, -0.05) is 11.6 Å². The zero-order chi connectivity index (χ0) is 12.3. The zero-order valence-corrected chi connectivity index (χ0v) is 12.5. The molecule has 0 radical (unpaired) electrons. The van der Waals surface area contributed by atoms with Crippen LogP contribution >= 0.6 is 0 Å². The zero-order valence-electron chi connectivity index (χ0n) is 11.5. The first kappa shape index (κ1) is 13.3. The van der Waals surface area contributed by atoms with Crippen LogP contribution in [0.15, 0.2) is 11.6 Å². The molecular weight excluding hydrogens is 228 g/mol.